The molecule has 1 aliphatic carbocycles. The average Bonchev–Trinajstić information content (AvgIpc) is 2.81. The number of nitrogens with one attached hydrogen (secondary N) is 1. The third kappa shape index (κ3) is 2.74. The molecule has 0 bridgehead atoms. The second kappa shape index (κ2) is 5.38. The molecule has 7 heteroatoms. The summed E-state index contributed by atoms with van der Waals surface area (Å²) in [5, 5.41) is 2.19. The number of primary amides is 1. The maximum Gasteiger partial charge on any atom is 0.330 e. The Morgan fingerprint density at radius 3 is 2.47 bits per heavy atom. The van der Waals surface area contributed by atoms with Gasteiger partial charge in [-0.2, -0.15) is 0 Å². The number of carbonyl (C=O) groups is 4. The Morgan fingerprint density at radius 1 is 1.26 bits per heavy atom. The van der Waals surface area contributed by atoms with Crippen LogP contribution in [0, 0.1) is 11.8 Å². The van der Waals surface area contributed by atoms with Gasteiger partial charge in [0, 0.05) is 13.0 Å². The van der Waals surface area contributed by atoms with Gasteiger partial charge in [0.05, 0.1) is 0 Å². The van der Waals surface area contributed by atoms with Gasteiger partial charge < -0.3 is 5.73 Å². The molecule has 7 nitrogen and oxygen atoms in total. The van der Waals surface area contributed by atoms with Gasteiger partial charge in [-0.3, -0.25) is 24.6 Å². The maximum absolute atomic E-state index is 12.2. The zero-order chi connectivity index (χ0) is 14.0. The average molecular weight is 267 g/mol. The molecule has 1 atom stereocenters. The summed E-state index contributed by atoms with van der Waals surface area (Å²) in [4.78, 5) is 47.3. The monoisotopic (exact) mass is 267 g/mol. The SMILES string of the molecule is NC(=O)CCN1C(=O)NC(=O)C(C2CCCC2)C1=O. The van der Waals surface area contributed by atoms with E-state index < -0.39 is 29.7 Å². The van der Waals surface area contributed by atoms with E-state index in [1.54, 1.807) is 0 Å². The summed E-state index contributed by atoms with van der Waals surface area (Å²) in [6.45, 7) is -0.0729. The molecule has 3 N–H and O–H groups in total. The van der Waals surface area contributed by atoms with E-state index >= 15 is 0 Å². The lowest BCUT2D eigenvalue weighted by molar-refractivity contribution is -0.145. The third-order valence-corrected chi connectivity index (χ3v) is 3.74. The van der Waals surface area contributed by atoms with E-state index in [2.05, 4.69) is 5.32 Å². The Labute approximate surface area is 110 Å². The minimum absolute atomic E-state index is 0.00308. The second-order valence-electron chi connectivity index (χ2n) is 5.02. The normalized spacial score (nSPS) is 24.7. The van der Waals surface area contributed by atoms with Crippen molar-refractivity contribution in [2.24, 2.45) is 17.6 Å². The van der Waals surface area contributed by atoms with Crippen LogP contribution in [-0.4, -0.2) is 35.2 Å². The van der Waals surface area contributed by atoms with E-state index in [1.807, 2.05) is 0 Å². The van der Waals surface area contributed by atoms with E-state index in [4.69, 9.17) is 5.73 Å². The van der Waals surface area contributed by atoms with Crippen LogP contribution >= 0.6 is 0 Å². The second-order valence-corrected chi connectivity index (χ2v) is 5.02. The van der Waals surface area contributed by atoms with Crippen molar-refractivity contribution < 1.29 is 19.2 Å². The van der Waals surface area contributed by atoms with Gasteiger partial charge in [-0.15, -0.1) is 0 Å². The molecule has 1 aliphatic heterocycles. The largest absolute Gasteiger partial charge is 0.370 e. The first kappa shape index (κ1) is 13.5. The fourth-order valence-corrected chi connectivity index (χ4v) is 2.77. The number of urea groups is 1. The van der Waals surface area contributed by atoms with Crippen molar-refractivity contribution >= 4 is 23.8 Å². The van der Waals surface area contributed by atoms with Crippen molar-refractivity contribution in [3.8, 4) is 0 Å². The first-order chi connectivity index (χ1) is 9.00. The quantitative estimate of drug-likeness (QED) is 0.684. The van der Waals surface area contributed by atoms with Crippen molar-refractivity contribution in [2.75, 3.05) is 6.54 Å². The first-order valence-corrected chi connectivity index (χ1v) is 6.45. The standard InChI is InChI=1S/C12H17N3O4/c13-8(16)5-6-15-11(18)9(7-3-1-2-4-7)10(17)14-12(15)19/h7,9H,1-6H2,(H2,13,16)(H,14,17,19). The highest BCUT2D eigenvalue weighted by atomic mass is 16.2. The number of rotatable bonds is 4. The Hall–Kier alpha value is -1.92. The minimum Gasteiger partial charge on any atom is -0.370 e. The van der Waals surface area contributed by atoms with E-state index in [-0.39, 0.29) is 18.9 Å². The number of nitrogens with zero attached hydrogens (tertiary/aromatic N) is 1. The summed E-state index contributed by atoms with van der Waals surface area (Å²) in [5.74, 6) is -2.40. The number of imide groups is 2. The molecule has 5 amide bonds. The number of hydrogen-bond donors (Lipinski definition) is 2. The molecule has 2 fully saturated rings. The van der Waals surface area contributed by atoms with Crippen LogP contribution in [0.15, 0.2) is 0 Å². The predicted molar refractivity (Wildman–Crippen MR) is 64.5 cm³/mol. The molecule has 19 heavy (non-hydrogen) atoms. The van der Waals surface area contributed by atoms with Gasteiger partial charge in [-0.1, -0.05) is 12.8 Å². The van der Waals surface area contributed by atoms with E-state index in [1.165, 1.54) is 0 Å². The Balaban J connectivity index is 2.11. The fourth-order valence-electron chi connectivity index (χ4n) is 2.77. The summed E-state index contributed by atoms with van der Waals surface area (Å²) in [6, 6.07) is -0.759. The van der Waals surface area contributed by atoms with Crippen LogP contribution in [0.2, 0.25) is 0 Å². The Bertz CT molecular complexity index is 429. The van der Waals surface area contributed by atoms with Crippen LogP contribution in [0.25, 0.3) is 0 Å². The zero-order valence-corrected chi connectivity index (χ0v) is 10.6. The molecule has 0 aromatic heterocycles. The highest BCUT2D eigenvalue weighted by molar-refractivity contribution is 6.16. The van der Waals surface area contributed by atoms with Crippen LogP contribution in [0.3, 0.4) is 0 Å². The minimum atomic E-state index is -0.798. The zero-order valence-electron chi connectivity index (χ0n) is 10.6. The van der Waals surface area contributed by atoms with Crippen molar-refractivity contribution in [2.45, 2.75) is 32.1 Å². The molecule has 104 valence electrons. The number of hydrogen-bond acceptors (Lipinski definition) is 4. The molecule has 1 heterocycles. The molecular formula is C12H17N3O4. The summed E-state index contributed by atoms with van der Waals surface area (Å²) in [7, 11) is 0. The number of amides is 5. The van der Waals surface area contributed by atoms with E-state index in [0.29, 0.717) is 0 Å². The predicted octanol–water partition coefficient (Wildman–Crippen LogP) is -0.253. The summed E-state index contributed by atoms with van der Waals surface area (Å²) in [5.41, 5.74) is 5.01. The molecule has 2 aliphatic rings. The van der Waals surface area contributed by atoms with Gasteiger partial charge in [-0.25, -0.2) is 4.79 Å². The van der Waals surface area contributed by atoms with Crippen molar-refractivity contribution in [1.29, 1.82) is 0 Å². The molecule has 1 saturated heterocycles. The topological polar surface area (TPSA) is 110 Å². The van der Waals surface area contributed by atoms with Crippen LogP contribution in [-0.2, 0) is 14.4 Å². The number of barbiturate groups is 1. The molecule has 2 rings (SSSR count). The van der Waals surface area contributed by atoms with Crippen LogP contribution in [0.1, 0.15) is 32.1 Å². The summed E-state index contributed by atoms with van der Waals surface area (Å²) in [6.07, 6.45) is 3.54. The van der Waals surface area contributed by atoms with Crippen molar-refractivity contribution in [1.82, 2.24) is 10.2 Å². The van der Waals surface area contributed by atoms with Crippen LogP contribution in [0.4, 0.5) is 4.79 Å². The molecular weight excluding hydrogens is 250 g/mol. The van der Waals surface area contributed by atoms with Crippen molar-refractivity contribution in [3.63, 3.8) is 0 Å². The highest BCUT2D eigenvalue weighted by Crippen LogP contribution is 2.33. The lowest BCUT2D eigenvalue weighted by atomic mass is 9.87. The maximum atomic E-state index is 12.2. The fraction of sp³-hybridized carbons (Fsp3) is 0.667. The first-order valence-electron chi connectivity index (χ1n) is 6.45. The van der Waals surface area contributed by atoms with Gasteiger partial charge in [-0.05, 0) is 18.8 Å². The lowest BCUT2D eigenvalue weighted by Gasteiger charge is -2.32. The van der Waals surface area contributed by atoms with Crippen molar-refractivity contribution in [3.05, 3.63) is 0 Å². The Morgan fingerprint density at radius 2 is 1.89 bits per heavy atom. The highest BCUT2D eigenvalue weighted by Gasteiger charge is 2.45. The smallest absolute Gasteiger partial charge is 0.330 e. The third-order valence-electron chi connectivity index (χ3n) is 3.74. The number of carbonyl (C=O) groups excluding carboxylic acids is 4. The molecule has 0 radical (unpaired) electrons. The molecule has 1 unspecified atom stereocenters. The van der Waals surface area contributed by atoms with Gasteiger partial charge in [0.1, 0.15) is 5.92 Å². The molecule has 0 aromatic carbocycles. The van der Waals surface area contributed by atoms with Gasteiger partial charge in [0.25, 0.3) is 0 Å². The Kier molecular flexibility index (Phi) is 3.82. The van der Waals surface area contributed by atoms with Crippen LogP contribution in [0.5, 0.6) is 0 Å². The van der Waals surface area contributed by atoms with E-state index in [9.17, 15) is 19.2 Å². The van der Waals surface area contributed by atoms with Gasteiger partial charge in [0.2, 0.25) is 17.7 Å². The van der Waals surface area contributed by atoms with Gasteiger partial charge in [0.15, 0.2) is 0 Å². The van der Waals surface area contributed by atoms with Crippen LogP contribution < -0.4 is 11.1 Å². The molecule has 1 saturated carbocycles. The molecule has 0 aromatic rings. The van der Waals surface area contributed by atoms with Gasteiger partial charge >= 0.3 is 6.03 Å². The lowest BCUT2D eigenvalue weighted by Crippen LogP contribution is -2.59. The van der Waals surface area contributed by atoms with E-state index in [0.717, 1.165) is 30.6 Å². The molecule has 0 spiro atoms. The number of nitrogens with two attached hydrogens (primary N) is 1. The summed E-state index contributed by atoms with van der Waals surface area (Å²) < 4.78 is 0. The summed E-state index contributed by atoms with van der Waals surface area (Å²) >= 11 is 0.